The minimum atomic E-state index is 0.612. The summed E-state index contributed by atoms with van der Waals surface area (Å²) in [5, 5.41) is 17.9. The normalized spacial score (nSPS) is 10.7. The molecule has 2 N–H and O–H groups in total. The zero-order chi connectivity index (χ0) is 12.9. The van der Waals surface area contributed by atoms with Gasteiger partial charge < -0.3 is 9.84 Å². The predicted octanol–water partition coefficient (Wildman–Crippen LogP) is 1.75. The van der Waals surface area contributed by atoms with E-state index in [0.717, 1.165) is 22.7 Å². The maximum atomic E-state index is 5.01. The molecule has 0 aliphatic carbocycles. The minimum absolute atomic E-state index is 0.612. The van der Waals surface area contributed by atoms with Crippen LogP contribution >= 0.6 is 0 Å². The molecule has 0 fully saturated rings. The molecule has 6 heteroatoms. The Kier molecular flexibility index (Phi) is 3.33. The van der Waals surface area contributed by atoms with Gasteiger partial charge in [-0.15, -0.1) is 0 Å². The molecule has 0 bridgehead atoms. The monoisotopic (exact) mass is 255 g/mol. The van der Waals surface area contributed by atoms with E-state index in [1.165, 1.54) is 0 Å². The van der Waals surface area contributed by atoms with Gasteiger partial charge in [-0.05, 0) is 0 Å². The maximum absolute atomic E-state index is 5.01. The lowest BCUT2D eigenvalue weighted by Crippen LogP contribution is -2.13. The highest BCUT2D eigenvalue weighted by molar-refractivity contribution is 5.60. The van der Waals surface area contributed by atoms with Gasteiger partial charge in [-0.1, -0.05) is 35.5 Å². The number of rotatable bonds is 5. The van der Waals surface area contributed by atoms with E-state index in [1.807, 2.05) is 36.4 Å². The SMILES string of the molecule is c1ccc(-c2n[nH]nc2CNCc2ccno2)cc1. The van der Waals surface area contributed by atoms with E-state index in [-0.39, 0.29) is 0 Å². The van der Waals surface area contributed by atoms with Crippen molar-refractivity contribution in [2.24, 2.45) is 0 Å². The Morgan fingerprint density at radius 3 is 2.74 bits per heavy atom. The van der Waals surface area contributed by atoms with Crippen molar-refractivity contribution in [3.05, 3.63) is 54.0 Å². The Morgan fingerprint density at radius 1 is 1.05 bits per heavy atom. The number of hydrogen-bond donors (Lipinski definition) is 2. The van der Waals surface area contributed by atoms with E-state index in [9.17, 15) is 0 Å². The highest BCUT2D eigenvalue weighted by Gasteiger charge is 2.09. The summed E-state index contributed by atoms with van der Waals surface area (Å²) >= 11 is 0. The summed E-state index contributed by atoms with van der Waals surface area (Å²) in [6.45, 7) is 1.22. The molecule has 2 heterocycles. The van der Waals surface area contributed by atoms with Crippen LogP contribution in [0.1, 0.15) is 11.5 Å². The third-order valence-electron chi connectivity index (χ3n) is 2.75. The summed E-state index contributed by atoms with van der Waals surface area (Å²) in [6, 6.07) is 11.8. The second-order valence-electron chi connectivity index (χ2n) is 4.07. The Bertz CT molecular complexity index is 618. The minimum Gasteiger partial charge on any atom is -0.360 e. The Morgan fingerprint density at radius 2 is 1.95 bits per heavy atom. The largest absolute Gasteiger partial charge is 0.360 e. The average molecular weight is 255 g/mol. The van der Waals surface area contributed by atoms with E-state index in [2.05, 4.69) is 25.9 Å². The van der Waals surface area contributed by atoms with Crippen LogP contribution in [0.25, 0.3) is 11.3 Å². The molecule has 1 aromatic carbocycles. The van der Waals surface area contributed by atoms with Crippen LogP contribution < -0.4 is 5.32 Å². The number of aromatic amines is 1. The quantitative estimate of drug-likeness (QED) is 0.726. The average Bonchev–Trinajstić information content (AvgIpc) is 3.11. The first-order chi connectivity index (χ1) is 9.43. The van der Waals surface area contributed by atoms with Gasteiger partial charge in [0.05, 0.1) is 12.7 Å². The summed E-state index contributed by atoms with van der Waals surface area (Å²) in [5.74, 6) is 0.796. The first kappa shape index (κ1) is 11.6. The van der Waals surface area contributed by atoms with E-state index in [4.69, 9.17) is 4.52 Å². The van der Waals surface area contributed by atoms with Crippen LogP contribution in [0, 0.1) is 0 Å². The van der Waals surface area contributed by atoms with Gasteiger partial charge in [-0.3, -0.25) is 0 Å². The standard InChI is InChI=1S/C13H13N5O/c1-2-4-10(5-3-1)13-12(16-18-17-13)9-14-8-11-6-7-15-19-11/h1-7,14H,8-9H2,(H,16,17,18). The van der Waals surface area contributed by atoms with Crippen molar-refractivity contribution >= 4 is 0 Å². The van der Waals surface area contributed by atoms with Gasteiger partial charge in [0.25, 0.3) is 0 Å². The van der Waals surface area contributed by atoms with E-state index in [1.54, 1.807) is 6.20 Å². The van der Waals surface area contributed by atoms with Crippen LogP contribution in [0.2, 0.25) is 0 Å². The van der Waals surface area contributed by atoms with Gasteiger partial charge in [0.15, 0.2) is 0 Å². The van der Waals surface area contributed by atoms with Crippen molar-refractivity contribution in [1.82, 2.24) is 25.9 Å². The third kappa shape index (κ3) is 2.69. The molecule has 0 aliphatic heterocycles. The number of nitrogens with one attached hydrogen (secondary N) is 2. The molecule has 0 saturated heterocycles. The molecule has 0 aliphatic rings. The zero-order valence-corrected chi connectivity index (χ0v) is 10.2. The molecule has 0 atom stereocenters. The molecule has 0 amide bonds. The third-order valence-corrected chi connectivity index (χ3v) is 2.75. The lowest BCUT2D eigenvalue weighted by molar-refractivity contribution is 0.372. The number of H-pyrrole nitrogens is 1. The molecular formula is C13H13N5O. The fourth-order valence-electron chi connectivity index (χ4n) is 1.84. The first-order valence-corrected chi connectivity index (χ1v) is 5.99. The van der Waals surface area contributed by atoms with Crippen LogP contribution in [0.15, 0.2) is 47.1 Å². The van der Waals surface area contributed by atoms with Crippen molar-refractivity contribution in [3.8, 4) is 11.3 Å². The predicted molar refractivity (Wildman–Crippen MR) is 68.9 cm³/mol. The summed E-state index contributed by atoms with van der Waals surface area (Å²) in [4.78, 5) is 0. The van der Waals surface area contributed by atoms with Crippen LogP contribution in [0.5, 0.6) is 0 Å². The smallest absolute Gasteiger partial charge is 0.150 e. The second kappa shape index (κ2) is 5.45. The lowest BCUT2D eigenvalue weighted by Gasteiger charge is -2.02. The van der Waals surface area contributed by atoms with Crippen LogP contribution in [-0.2, 0) is 13.1 Å². The molecule has 6 nitrogen and oxygen atoms in total. The van der Waals surface area contributed by atoms with Gasteiger partial charge in [0, 0.05) is 18.2 Å². The van der Waals surface area contributed by atoms with Gasteiger partial charge in [0.2, 0.25) is 0 Å². The van der Waals surface area contributed by atoms with Crippen LogP contribution in [0.3, 0.4) is 0 Å². The van der Waals surface area contributed by atoms with Crippen molar-refractivity contribution in [1.29, 1.82) is 0 Å². The van der Waals surface area contributed by atoms with Gasteiger partial charge in [-0.25, -0.2) is 0 Å². The zero-order valence-electron chi connectivity index (χ0n) is 10.2. The molecule has 3 rings (SSSR count). The van der Waals surface area contributed by atoms with E-state index < -0.39 is 0 Å². The molecule has 0 spiro atoms. The van der Waals surface area contributed by atoms with Crippen molar-refractivity contribution in [2.75, 3.05) is 0 Å². The Hall–Kier alpha value is -2.47. The Labute approximate surface area is 109 Å². The molecule has 3 aromatic rings. The fraction of sp³-hybridized carbons (Fsp3) is 0.154. The van der Waals surface area contributed by atoms with Gasteiger partial charge in [-0.2, -0.15) is 15.4 Å². The van der Waals surface area contributed by atoms with Crippen molar-refractivity contribution in [3.63, 3.8) is 0 Å². The summed E-state index contributed by atoms with van der Waals surface area (Å²) < 4.78 is 5.01. The fourth-order valence-corrected chi connectivity index (χ4v) is 1.84. The van der Waals surface area contributed by atoms with Gasteiger partial charge in [0.1, 0.15) is 17.1 Å². The highest BCUT2D eigenvalue weighted by Crippen LogP contribution is 2.18. The molecular weight excluding hydrogens is 242 g/mol. The molecule has 96 valence electrons. The first-order valence-electron chi connectivity index (χ1n) is 5.99. The maximum Gasteiger partial charge on any atom is 0.150 e. The molecule has 0 saturated carbocycles. The molecule has 2 aromatic heterocycles. The van der Waals surface area contributed by atoms with Crippen LogP contribution in [-0.4, -0.2) is 20.6 Å². The van der Waals surface area contributed by atoms with Crippen LogP contribution in [0.4, 0.5) is 0 Å². The summed E-state index contributed by atoms with van der Waals surface area (Å²) in [6.07, 6.45) is 1.63. The summed E-state index contributed by atoms with van der Waals surface area (Å²) in [5.41, 5.74) is 2.80. The number of nitrogens with zero attached hydrogens (tertiary/aromatic N) is 3. The molecule has 19 heavy (non-hydrogen) atoms. The van der Waals surface area contributed by atoms with Crippen molar-refractivity contribution < 1.29 is 4.52 Å². The lowest BCUT2D eigenvalue weighted by atomic mass is 10.1. The van der Waals surface area contributed by atoms with E-state index in [0.29, 0.717) is 13.1 Å². The number of benzene rings is 1. The summed E-state index contributed by atoms with van der Waals surface area (Å²) in [7, 11) is 0. The Balaban J connectivity index is 1.67. The van der Waals surface area contributed by atoms with E-state index >= 15 is 0 Å². The second-order valence-corrected chi connectivity index (χ2v) is 4.07. The van der Waals surface area contributed by atoms with Gasteiger partial charge >= 0.3 is 0 Å². The van der Waals surface area contributed by atoms with Crippen molar-refractivity contribution in [2.45, 2.75) is 13.1 Å². The topological polar surface area (TPSA) is 79.6 Å². The number of aromatic nitrogens is 4. The molecule has 0 radical (unpaired) electrons. The highest BCUT2D eigenvalue weighted by atomic mass is 16.5. The molecule has 0 unspecified atom stereocenters. The number of hydrogen-bond acceptors (Lipinski definition) is 5.